The summed E-state index contributed by atoms with van der Waals surface area (Å²) in [5, 5.41) is 17.1. The van der Waals surface area contributed by atoms with Crippen LogP contribution in [-0.4, -0.2) is 42.1 Å². The molecule has 0 aliphatic carbocycles. The van der Waals surface area contributed by atoms with E-state index in [1.165, 1.54) is 11.0 Å². The summed E-state index contributed by atoms with van der Waals surface area (Å²) >= 11 is 0. The molecular weight excluding hydrogens is 482 g/mol. The first-order valence-electron chi connectivity index (χ1n) is 11.6. The van der Waals surface area contributed by atoms with Gasteiger partial charge in [-0.3, -0.25) is 19.6 Å². The van der Waals surface area contributed by atoms with Gasteiger partial charge in [0.25, 0.3) is 11.8 Å². The SMILES string of the molecule is C.Cc1ccccc1CNCC(=O)Nc1ccc(C#Cc2ccc(C(=O)N[C@@H](CN)C(=O)NO)cc2)cc1. The second-order valence-electron chi connectivity index (χ2n) is 8.22. The summed E-state index contributed by atoms with van der Waals surface area (Å²) in [6, 6.07) is 20.7. The Kier molecular flexibility index (Phi) is 11.7. The van der Waals surface area contributed by atoms with E-state index in [0.717, 1.165) is 11.1 Å². The van der Waals surface area contributed by atoms with E-state index in [-0.39, 0.29) is 26.4 Å². The summed E-state index contributed by atoms with van der Waals surface area (Å²) in [5.74, 6) is 4.63. The third kappa shape index (κ3) is 8.87. The lowest BCUT2D eigenvalue weighted by Crippen LogP contribution is -2.50. The Morgan fingerprint density at radius 1 is 0.921 bits per heavy atom. The number of carbonyl (C=O) groups is 3. The first-order chi connectivity index (χ1) is 17.9. The van der Waals surface area contributed by atoms with Crippen molar-refractivity contribution in [1.29, 1.82) is 0 Å². The van der Waals surface area contributed by atoms with E-state index >= 15 is 0 Å². The highest BCUT2D eigenvalue weighted by Crippen LogP contribution is 2.10. The lowest BCUT2D eigenvalue weighted by Gasteiger charge is -2.14. The van der Waals surface area contributed by atoms with Gasteiger partial charge in [-0.2, -0.15) is 0 Å². The van der Waals surface area contributed by atoms with Crippen LogP contribution >= 0.6 is 0 Å². The highest BCUT2D eigenvalue weighted by molar-refractivity contribution is 5.97. The molecule has 1 atom stereocenters. The molecule has 0 spiro atoms. The van der Waals surface area contributed by atoms with Crippen molar-refractivity contribution < 1.29 is 19.6 Å². The zero-order valence-corrected chi connectivity index (χ0v) is 20.4. The standard InChI is InChI=1S/C28H29N5O4.CH4/c1-19-4-2-3-5-23(19)17-30-18-26(34)31-24-14-10-21(11-15-24)7-6-20-8-12-22(13-9-20)27(35)32-25(16-29)28(36)33-37;/h2-5,8-15,25,30,37H,16-18,29H2,1H3,(H,31,34)(H,32,35)(H,33,36);1H4/t25-;/m0./s1. The predicted octanol–water partition coefficient (Wildman–Crippen LogP) is 2.32. The molecule has 0 heterocycles. The molecule has 3 aromatic rings. The maximum absolute atomic E-state index is 12.3. The van der Waals surface area contributed by atoms with Crippen LogP contribution in [0.1, 0.15) is 40.0 Å². The Labute approximate surface area is 222 Å². The molecule has 0 radical (unpaired) electrons. The third-order valence-electron chi connectivity index (χ3n) is 5.50. The lowest BCUT2D eigenvalue weighted by atomic mass is 10.1. The van der Waals surface area contributed by atoms with Crippen molar-refractivity contribution in [3.63, 3.8) is 0 Å². The summed E-state index contributed by atoms with van der Waals surface area (Å²) < 4.78 is 0. The van der Waals surface area contributed by atoms with Crippen molar-refractivity contribution >= 4 is 23.4 Å². The van der Waals surface area contributed by atoms with Crippen LogP contribution in [0.25, 0.3) is 0 Å². The van der Waals surface area contributed by atoms with Gasteiger partial charge < -0.3 is 21.7 Å². The molecule has 0 saturated heterocycles. The zero-order valence-electron chi connectivity index (χ0n) is 20.4. The molecule has 0 aliphatic heterocycles. The molecular formula is C29H33N5O4. The van der Waals surface area contributed by atoms with Crippen LogP contribution in [-0.2, 0) is 16.1 Å². The number of carbonyl (C=O) groups excluding carboxylic acids is 3. The first-order valence-corrected chi connectivity index (χ1v) is 11.6. The molecule has 9 nitrogen and oxygen atoms in total. The molecule has 38 heavy (non-hydrogen) atoms. The Morgan fingerprint density at radius 2 is 1.53 bits per heavy atom. The molecule has 0 fully saturated rings. The van der Waals surface area contributed by atoms with Crippen molar-refractivity contribution in [2.24, 2.45) is 5.73 Å². The van der Waals surface area contributed by atoms with Gasteiger partial charge in [0.05, 0.1) is 6.54 Å². The van der Waals surface area contributed by atoms with Gasteiger partial charge in [-0.05, 0) is 66.6 Å². The van der Waals surface area contributed by atoms with Gasteiger partial charge in [0.1, 0.15) is 6.04 Å². The van der Waals surface area contributed by atoms with Crippen molar-refractivity contribution in [3.8, 4) is 11.8 Å². The van der Waals surface area contributed by atoms with Gasteiger partial charge in [0.2, 0.25) is 5.91 Å². The summed E-state index contributed by atoms with van der Waals surface area (Å²) in [7, 11) is 0. The van der Waals surface area contributed by atoms with Crippen molar-refractivity contribution in [1.82, 2.24) is 16.1 Å². The Balaban J connectivity index is 0.00000507. The number of hydrogen-bond acceptors (Lipinski definition) is 6. The zero-order chi connectivity index (χ0) is 26.6. The van der Waals surface area contributed by atoms with E-state index in [2.05, 4.69) is 27.8 Å². The minimum Gasteiger partial charge on any atom is -0.339 e. The minimum atomic E-state index is -1.04. The highest BCUT2D eigenvalue weighted by atomic mass is 16.5. The molecule has 9 heteroatoms. The molecule has 0 aromatic heterocycles. The Hall–Kier alpha value is -4.49. The third-order valence-corrected chi connectivity index (χ3v) is 5.50. The van der Waals surface area contributed by atoms with Crippen LogP contribution in [0.2, 0.25) is 0 Å². The van der Waals surface area contributed by atoms with E-state index in [1.807, 2.05) is 43.3 Å². The van der Waals surface area contributed by atoms with Crippen LogP contribution in [0, 0.1) is 18.8 Å². The number of rotatable bonds is 9. The van der Waals surface area contributed by atoms with E-state index in [9.17, 15) is 14.4 Å². The number of hydrogen-bond donors (Lipinski definition) is 6. The first kappa shape index (κ1) is 29.7. The fourth-order valence-corrected chi connectivity index (χ4v) is 3.36. The van der Waals surface area contributed by atoms with Gasteiger partial charge in [-0.15, -0.1) is 0 Å². The highest BCUT2D eigenvalue weighted by Gasteiger charge is 2.19. The normalized spacial score (nSPS) is 10.7. The fourth-order valence-electron chi connectivity index (χ4n) is 3.36. The maximum Gasteiger partial charge on any atom is 0.267 e. The van der Waals surface area contributed by atoms with Gasteiger partial charge in [0.15, 0.2) is 0 Å². The van der Waals surface area contributed by atoms with E-state index in [1.54, 1.807) is 36.4 Å². The van der Waals surface area contributed by atoms with Crippen molar-refractivity contribution in [2.45, 2.75) is 26.9 Å². The van der Waals surface area contributed by atoms with Crippen LogP contribution in [0.5, 0.6) is 0 Å². The number of amides is 3. The van der Waals surface area contributed by atoms with Gasteiger partial charge in [0, 0.05) is 35.5 Å². The predicted molar refractivity (Wildman–Crippen MR) is 147 cm³/mol. The number of nitrogens with two attached hydrogens (primary N) is 1. The Morgan fingerprint density at radius 3 is 2.11 bits per heavy atom. The van der Waals surface area contributed by atoms with Gasteiger partial charge in [-0.25, -0.2) is 5.48 Å². The van der Waals surface area contributed by atoms with Crippen LogP contribution in [0.15, 0.2) is 72.8 Å². The summed E-state index contributed by atoms with van der Waals surface area (Å²) in [6.07, 6.45) is 0. The molecule has 3 aromatic carbocycles. The Bertz CT molecular complexity index is 1300. The van der Waals surface area contributed by atoms with E-state index in [4.69, 9.17) is 10.9 Å². The van der Waals surface area contributed by atoms with Gasteiger partial charge in [-0.1, -0.05) is 43.5 Å². The van der Waals surface area contributed by atoms with E-state index < -0.39 is 17.9 Å². The van der Waals surface area contributed by atoms with E-state index in [0.29, 0.717) is 23.4 Å². The molecule has 0 saturated carbocycles. The average molecular weight is 516 g/mol. The largest absolute Gasteiger partial charge is 0.339 e. The molecule has 3 amide bonds. The second kappa shape index (κ2) is 14.9. The lowest BCUT2D eigenvalue weighted by molar-refractivity contribution is -0.130. The van der Waals surface area contributed by atoms with Crippen LogP contribution in [0.4, 0.5) is 5.69 Å². The summed E-state index contributed by atoms with van der Waals surface area (Å²) in [5.41, 5.74) is 11.7. The van der Waals surface area contributed by atoms with Gasteiger partial charge >= 0.3 is 0 Å². The fraction of sp³-hybridized carbons (Fsp3) is 0.207. The second-order valence-corrected chi connectivity index (χ2v) is 8.22. The summed E-state index contributed by atoms with van der Waals surface area (Å²) in [4.78, 5) is 35.9. The molecule has 0 unspecified atom stereocenters. The minimum absolute atomic E-state index is 0. The topological polar surface area (TPSA) is 146 Å². The number of hydroxylamine groups is 1. The van der Waals surface area contributed by atoms with Crippen molar-refractivity contribution in [3.05, 3.63) is 101 Å². The molecule has 0 aliphatic rings. The molecule has 198 valence electrons. The number of nitrogens with one attached hydrogen (secondary N) is 4. The molecule has 3 rings (SSSR count). The number of benzene rings is 3. The quantitative estimate of drug-likeness (QED) is 0.147. The van der Waals surface area contributed by atoms with Crippen LogP contribution in [0.3, 0.4) is 0 Å². The average Bonchev–Trinajstić information content (AvgIpc) is 2.92. The van der Waals surface area contributed by atoms with Crippen LogP contribution < -0.4 is 27.2 Å². The maximum atomic E-state index is 12.3. The monoisotopic (exact) mass is 515 g/mol. The number of anilines is 1. The smallest absolute Gasteiger partial charge is 0.267 e. The number of aryl methyl sites for hydroxylation is 1. The van der Waals surface area contributed by atoms with Crippen molar-refractivity contribution in [2.75, 3.05) is 18.4 Å². The molecule has 0 bridgehead atoms. The summed E-state index contributed by atoms with van der Waals surface area (Å²) in [6.45, 7) is 2.70. The molecule has 7 N–H and O–H groups in total.